The Balaban J connectivity index is 1.84. The third-order valence-corrected chi connectivity index (χ3v) is 5.15. The first-order valence-corrected chi connectivity index (χ1v) is 8.40. The Morgan fingerprint density at radius 2 is 2.05 bits per heavy atom. The summed E-state index contributed by atoms with van der Waals surface area (Å²) in [5, 5.41) is 0. The first kappa shape index (κ1) is 15.4. The van der Waals surface area contributed by atoms with Gasteiger partial charge in [-0.25, -0.2) is 9.11 Å². The Hall–Kier alpha value is -0.980. The predicted molar refractivity (Wildman–Crippen MR) is 77.0 cm³/mol. The van der Waals surface area contributed by atoms with E-state index in [1.165, 1.54) is 16.4 Å². The van der Waals surface area contributed by atoms with Gasteiger partial charge in [0.2, 0.25) is 0 Å². The molecule has 1 aliphatic rings. The van der Waals surface area contributed by atoms with Gasteiger partial charge < -0.3 is 0 Å². The molecule has 1 atom stereocenters. The first-order chi connectivity index (χ1) is 9.47. The largest absolute Gasteiger partial charge is 0.279 e. The van der Waals surface area contributed by atoms with Crippen LogP contribution in [0.4, 0.5) is 4.39 Å². The molecule has 0 aromatic heterocycles. The van der Waals surface area contributed by atoms with Crippen LogP contribution < -0.4 is 4.72 Å². The van der Waals surface area contributed by atoms with Crippen LogP contribution in [0.3, 0.4) is 0 Å². The zero-order valence-corrected chi connectivity index (χ0v) is 12.5. The topological polar surface area (TPSA) is 49.4 Å². The molecule has 0 saturated carbocycles. The maximum atomic E-state index is 12.8. The van der Waals surface area contributed by atoms with Gasteiger partial charge in [-0.3, -0.25) is 0 Å². The number of nitrogens with zero attached hydrogens (tertiary/aromatic N) is 1. The summed E-state index contributed by atoms with van der Waals surface area (Å²) < 4.78 is 41.2. The van der Waals surface area contributed by atoms with Crippen LogP contribution in [0.25, 0.3) is 0 Å². The van der Waals surface area contributed by atoms with Crippen molar-refractivity contribution >= 4 is 10.2 Å². The number of hydrogen-bond acceptors (Lipinski definition) is 2. The van der Waals surface area contributed by atoms with Gasteiger partial charge in [0.15, 0.2) is 0 Å². The number of piperidine rings is 1. The van der Waals surface area contributed by atoms with Crippen LogP contribution in [-0.4, -0.2) is 32.4 Å². The second kappa shape index (κ2) is 6.65. The van der Waals surface area contributed by atoms with Crippen molar-refractivity contribution in [2.75, 3.05) is 19.6 Å². The van der Waals surface area contributed by atoms with Gasteiger partial charge in [-0.1, -0.05) is 19.1 Å². The summed E-state index contributed by atoms with van der Waals surface area (Å²) >= 11 is 0. The van der Waals surface area contributed by atoms with E-state index >= 15 is 0 Å². The van der Waals surface area contributed by atoms with Gasteiger partial charge >= 0.3 is 0 Å². The summed E-state index contributed by atoms with van der Waals surface area (Å²) in [5.74, 6) is 0.133. The lowest BCUT2D eigenvalue weighted by Crippen LogP contribution is -2.46. The van der Waals surface area contributed by atoms with Gasteiger partial charge in [-0.05, 0) is 42.9 Å². The molecule has 1 heterocycles. The second-order valence-corrected chi connectivity index (χ2v) is 7.14. The molecule has 6 heteroatoms. The van der Waals surface area contributed by atoms with Crippen molar-refractivity contribution in [3.05, 3.63) is 35.6 Å². The van der Waals surface area contributed by atoms with Gasteiger partial charge in [0.05, 0.1) is 0 Å². The molecule has 0 aliphatic carbocycles. The van der Waals surface area contributed by atoms with Crippen LogP contribution in [0.5, 0.6) is 0 Å². The highest BCUT2D eigenvalue weighted by molar-refractivity contribution is 7.87. The Bertz CT molecular complexity index is 531. The van der Waals surface area contributed by atoms with Gasteiger partial charge in [0.25, 0.3) is 10.2 Å². The van der Waals surface area contributed by atoms with Crippen molar-refractivity contribution in [3.63, 3.8) is 0 Å². The molecule has 1 aromatic carbocycles. The zero-order chi connectivity index (χ0) is 14.6. The third-order valence-electron chi connectivity index (χ3n) is 3.57. The molecule has 1 fully saturated rings. The summed E-state index contributed by atoms with van der Waals surface area (Å²) in [6.07, 6.45) is 2.56. The van der Waals surface area contributed by atoms with Crippen molar-refractivity contribution < 1.29 is 12.8 Å². The summed E-state index contributed by atoms with van der Waals surface area (Å²) in [6, 6.07) is 6.12. The first-order valence-electron chi connectivity index (χ1n) is 6.96. The fourth-order valence-electron chi connectivity index (χ4n) is 2.43. The normalized spacial score (nSPS) is 21.0. The lowest BCUT2D eigenvalue weighted by atomic mass is 10.0. The minimum Gasteiger partial charge on any atom is -0.207 e. The van der Waals surface area contributed by atoms with E-state index in [1.54, 1.807) is 12.1 Å². The van der Waals surface area contributed by atoms with Gasteiger partial charge in [-0.15, -0.1) is 0 Å². The molecular weight excluding hydrogens is 279 g/mol. The molecular formula is C14H21FN2O2S. The quantitative estimate of drug-likeness (QED) is 0.903. The van der Waals surface area contributed by atoms with Crippen molar-refractivity contribution in [1.82, 2.24) is 9.03 Å². The Kier molecular flexibility index (Phi) is 5.12. The number of benzene rings is 1. The summed E-state index contributed by atoms with van der Waals surface area (Å²) in [4.78, 5) is 0. The zero-order valence-electron chi connectivity index (χ0n) is 11.7. The molecule has 1 saturated heterocycles. The molecule has 0 radical (unpaired) electrons. The number of halogens is 1. The maximum Gasteiger partial charge on any atom is 0.279 e. The van der Waals surface area contributed by atoms with Crippen LogP contribution in [0.2, 0.25) is 0 Å². The van der Waals surface area contributed by atoms with Crippen molar-refractivity contribution in [1.29, 1.82) is 0 Å². The number of rotatable bonds is 5. The summed E-state index contributed by atoms with van der Waals surface area (Å²) in [7, 11) is -3.39. The highest BCUT2D eigenvalue weighted by Crippen LogP contribution is 2.17. The van der Waals surface area contributed by atoms with Gasteiger partial charge in [0.1, 0.15) is 5.82 Å². The minimum absolute atomic E-state index is 0.281. The molecule has 1 aliphatic heterocycles. The molecule has 0 unspecified atom stereocenters. The Labute approximate surface area is 120 Å². The minimum atomic E-state index is -3.39. The highest BCUT2D eigenvalue weighted by atomic mass is 32.2. The fourth-order valence-corrected chi connectivity index (χ4v) is 3.79. The van der Waals surface area contributed by atoms with E-state index in [4.69, 9.17) is 0 Å². The number of hydrogen-bond donors (Lipinski definition) is 1. The molecule has 0 amide bonds. The second-order valence-electron chi connectivity index (χ2n) is 5.38. The smallest absolute Gasteiger partial charge is 0.207 e. The Morgan fingerprint density at radius 3 is 2.70 bits per heavy atom. The lowest BCUT2D eigenvalue weighted by molar-refractivity contribution is 0.278. The maximum absolute atomic E-state index is 12.8. The highest BCUT2D eigenvalue weighted by Gasteiger charge is 2.26. The van der Waals surface area contributed by atoms with E-state index in [0.717, 1.165) is 18.4 Å². The molecule has 0 bridgehead atoms. The summed E-state index contributed by atoms with van der Waals surface area (Å²) in [5.41, 5.74) is 0.918. The Morgan fingerprint density at radius 1 is 1.35 bits per heavy atom. The summed E-state index contributed by atoms with van der Waals surface area (Å²) in [6.45, 7) is 3.58. The van der Waals surface area contributed by atoms with E-state index < -0.39 is 10.2 Å². The van der Waals surface area contributed by atoms with Gasteiger partial charge in [0, 0.05) is 19.6 Å². The van der Waals surface area contributed by atoms with Gasteiger partial charge in [-0.2, -0.15) is 12.7 Å². The molecule has 0 spiro atoms. The van der Waals surface area contributed by atoms with E-state index in [1.807, 2.05) is 0 Å². The average Bonchev–Trinajstić information content (AvgIpc) is 2.41. The van der Waals surface area contributed by atoms with Crippen LogP contribution in [0, 0.1) is 11.7 Å². The monoisotopic (exact) mass is 300 g/mol. The molecule has 4 nitrogen and oxygen atoms in total. The molecule has 2 rings (SSSR count). The van der Waals surface area contributed by atoms with Crippen LogP contribution in [0.15, 0.2) is 24.3 Å². The van der Waals surface area contributed by atoms with Crippen LogP contribution in [-0.2, 0) is 16.6 Å². The van der Waals surface area contributed by atoms with Crippen LogP contribution >= 0.6 is 0 Å². The van der Waals surface area contributed by atoms with Crippen molar-refractivity contribution in [2.24, 2.45) is 5.92 Å². The van der Waals surface area contributed by atoms with Crippen molar-refractivity contribution in [3.8, 4) is 0 Å². The molecule has 1 aromatic rings. The van der Waals surface area contributed by atoms with E-state index in [-0.39, 0.29) is 5.82 Å². The van der Waals surface area contributed by atoms with Crippen LogP contribution in [0.1, 0.15) is 25.3 Å². The standard InChI is InChI=1S/C14H21FN2O2S/c1-12-3-2-10-17(11-12)20(18,19)16-9-8-13-4-6-14(15)7-5-13/h4-7,12,16H,2-3,8-11H2,1H3/t12-/m1/s1. The number of nitrogens with one attached hydrogen (secondary N) is 1. The van der Waals surface area contributed by atoms with E-state index in [0.29, 0.717) is 32.0 Å². The predicted octanol–water partition coefficient (Wildman–Crippen LogP) is 1.93. The van der Waals surface area contributed by atoms with Crippen molar-refractivity contribution in [2.45, 2.75) is 26.2 Å². The van der Waals surface area contributed by atoms with E-state index in [9.17, 15) is 12.8 Å². The molecule has 20 heavy (non-hydrogen) atoms. The molecule has 112 valence electrons. The fraction of sp³-hybridized carbons (Fsp3) is 0.571. The molecule has 1 N–H and O–H groups in total. The average molecular weight is 300 g/mol. The SMILES string of the molecule is C[C@@H]1CCCN(S(=O)(=O)NCCc2ccc(F)cc2)C1. The third kappa shape index (κ3) is 4.26. The van der Waals surface area contributed by atoms with E-state index in [2.05, 4.69) is 11.6 Å². The lowest BCUT2D eigenvalue weighted by Gasteiger charge is -2.29.